The lowest BCUT2D eigenvalue weighted by molar-refractivity contribution is 0.280. The fourth-order valence-electron chi connectivity index (χ4n) is 2.46. The number of hydrogen-bond acceptors (Lipinski definition) is 2. The summed E-state index contributed by atoms with van der Waals surface area (Å²) in [4.78, 5) is 2.45. The van der Waals surface area contributed by atoms with E-state index >= 15 is 0 Å². The number of likely N-dealkylation sites (N-methyl/N-ethyl adjacent to an activating group) is 1. The molecule has 0 spiro atoms. The van der Waals surface area contributed by atoms with Gasteiger partial charge in [0, 0.05) is 19.1 Å². The minimum absolute atomic E-state index is 0.802. The van der Waals surface area contributed by atoms with Crippen molar-refractivity contribution in [2.75, 3.05) is 26.7 Å². The Morgan fingerprint density at radius 3 is 2.44 bits per heavy atom. The second kappa shape index (κ2) is 8.08. The van der Waals surface area contributed by atoms with Crippen LogP contribution in [0.4, 0.5) is 0 Å². The van der Waals surface area contributed by atoms with Crippen LogP contribution in [-0.2, 0) is 0 Å². The molecule has 1 aliphatic carbocycles. The monoisotopic (exact) mass is 226 g/mol. The van der Waals surface area contributed by atoms with Crippen LogP contribution in [0, 0.1) is 5.92 Å². The quantitative estimate of drug-likeness (QED) is 0.718. The standard InChI is InChI=1S/C14H30N2/c1-4-5-11-16(3)12-10-15-14-8-6-13(2)7-9-14/h13-15H,4-12H2,1-3H3. The van der Waals surface area contributed by atoms with Crippen LogP contribution in [0.3, 0.4) is 0 Å². The van der Waals surface area contributed by atoms with Crippen LogP contribution < -0.4 is 5.32 Å². The average Bonchev–Trinajstić information content (AvgIpc) is 2.29. The van der Waals surface area contributed by atoms with Gasteiger partial charge in [-0.25, -0.2) is 0 Å². The molecule has 1 saturated carbocycles. The highest BCUT2D eigenvalue weighted by atomic mass is 15.1. The molecule has 0 aliphatic heterocycles. The molecule has 1 fully saturated rings. The van der Waals surface area contributed by atoms with Gasteiger partial charge in [0.05, 0.1) is 0 Å². The topological polar surface area (TPSA) is 15.3 Å². The number of hydrogen-bond donors (Lipinski definition) is 1. The van der Waals surface area contributed by atoms with Crippen molar-refractivity contribution in [2.24, 2.45) is 5.92 Å². The first kappa shape index (κ1) is 14.0. The zero-order valence-corrected chi connectivity index (χ0v) is 11.5. The predicted octanol–water partition coefficient (Wildman–Crippen LogP) is 2.89. The van der Waals surface area contributed by atoms with Gasteiger partial charge in [0.15, 0.2) is 0 Å². The summed E-state index contributed by atoms with van der Waals surface area (Å²) in [7, 11) is 2.24. The van der Waals surface area contributed by atoms with Crippen LogP contribution in [0.25, 0.3) is 0 Å². The first-order chi connectivity index (χ1) is 7.72. The molecule has 0 bridgehead atoms. The molecule has 0 aromatic carbocycles. The predicted molar refractivity (Wildman–Crippen MR) is 71.8 cm³/mol. The van der Waals surface area contributed by atoms with Gasteiger partial charge in [0.2, 0.25) is 0 Å². The summed E-state index contributed by atoms with van der Waals surface area (Å²) in [5, 5.41) is 3.71. The lowest BCUT2D eigenvalue weighted by atomic mass is 9.87. The first-order valence-corrected chi connectivity index (χ1v) is 7.14. The van der Waals surface area contributed by atoms with Crippen molar-refractivity contribution in [2.45, 2.75) is 58.4 Å². The summed E-state index contributed by atoms with van der Waals surface area (Å²) in [6.45, 7) is 8.26. The van der Waals surface area contributed by atoms with Crippen LogP contribution >= 0.6 is 0 Å². The molecule has 0 aromatic heterocycles. The van der Waals surface area contributed by atoms with Gasteiger partial charge in [-0.2, -0.15) is 0 Å². The third-order valence-electron chi connectivity index (χ3n) is 3.84. The van der Waals surface area contributed by atoms with Gasteiger partial charge in [-0.1, -0.05) is 20.3 Å². The molecular formula is C14H30N2. The molecule has 0 amide bonds. The average molecular weight is 226 g/mol. The summed E-state index contributed by atoms with van der Waals surface area (Å²) >= 11 is 0. The van der Waals surface area contributed by atoms with Crippen molar-refractivity contribution in [3.05, 3.63) is 0 Å². The van der Waals surface area contributed by atoms with Gasteiger partial charge < -0.3 is 10.2 Å². The maximum absolute atomic E-state index is 3.71. The fraction of sp³-hybridized carbons (Fsp3) is 1.00. The minimum Gasteiger partial charge on any atom is -0.313 e. The number of nitrogens with zero attached hydrogens (tertiary/aromatic N) is 1. The van der Waals surface area contributed by atoms with E-state index in [9.17, 15) is 0 Å². The second-order valence-corrected chi connectivity index (χ2v) is 5.57. The third-order valence-corrected chi connectivity index (χ3v) is 3.84. The van der Waals surface area contributed by atoms with Gasteiger partial charge >= 0.3 is 0 Å². The van der Waals surface area contributed by atoms with E-state index in [0.29, 0.717) is 0 Å². The molecule has 1 N–H and O–H groups in total. The van der Waals surface area contributed by atoms with Crippen LogP contribution in [-0.4, -0.2) is 37.6 Å². The molecule has 0 radical (unpaired) electrons. The Bertz CT molecular complexity index is 162. The Labute approximate surface area is 102 Å². The van der Waals surface area contributed by atoms with Crippen molar-refractivity contribution in [1.29, 1.82) is 0 Å². The Morgan fingerprint density at radius 2 is 1.81 bits per heavy atom. The maximum atomic E-state index is 3.71. The van der Waals surface area contributed by atoms with Crippen molar-refractivity contribution in [3.8, 4) is 0 Å². The largest absolute Gasteiger partial charge is 0.313 e. The van der Waals surface area contributed by atoms with E-state index in [4.69, 9.17) is 0 Å². The van der Waals surface area contributed by atoms with Crippen LogP contribution in [0.15, 0.2) is 0 Å². The highest BCUT2D eigenvalue weighted by Crippen LogP contribution is 2.23. The highest BCUT2D eigenvalue weighted by molar-refractivity contribution is 4.75. The van der Waals surface area contributed by atoms with Gasteiger partial charge in [0.25, 0.3) is 0 Å². The van der Waals surface area contributed by atoms with E-state index in [-0.39, 0.29) is 0 Å². The van der Waals surface area contributed by atoms with Crippen LogP contribution in [0.1, 0.15) is 52.4 Å². The summed E-state index contributed by atoms with van der Waals surface area (Å²) in [6, 6.07) is 0.802. The molecular weight excluding hydrogens is 196 g/mol. The smallest absolute Gasteiger partial charge is 0.0104 e. The summed E-state index contributed by atoms with van der Waals surface area (Å²) in [5.41, 5.74) is 0. The molecule has 0 heterocycles. The summed E-state index contributed by atoms with van der Waals surface area (Å²) in [5.74, 6) is 0.963. The first-order valence-electron chi connectivity index (χ1n) is 7.14. The molecule has 0 unspecified atom stereocenters. The molecule has 2 nitrogen and oxygen atoms in total. The van der Waals surface area contributed by atoms with Crippen molar-refractivity contribution in [3.63, 3.8) is 0 Å². The lowest BCUT2D eigenvalue weighted by Crippen LogP contribution is -2.38. The molecule has 0 saturated heterocycles. The minimum atomic E-state index is 0.802. The van der Waals surface area contributed by atoms with Crippen molar-refractivity contribution >= 4 is 0 Å². The third kappa shape index (κ3) is 5.86. The zero-order valence-electron chi connectivity index (χ0n) is 11.5. The Balaban J connectivity index is 1.98. The van der Waals surface area contributed by atoms with Gasteiger partial charge in [-0.05, 0) is 51.6 Å². The zero-order chi connectivity index (χ0) is 11.8. The van der Waals surface area contributed by atoms with E-state index < -0.39 is 0 Å². The van der Waals surface area contributed by atoms with Crippen molar-refractivity contribution in [1.82, 2.24) is 10.2 Å². The molecule has 0 aromatic rings. The Kier molecular flexibility index (Phi) is 7.06. The normalized spacial score (nSPS) is 26.2. The molecule has 1 rings (SSSR count). The van der Waals surface area contributed by atoms with Crippen LogP contribution in [0.2, 0.25) is 0 Å². The SMILES string of the molecule is CCCCN(C)CCNC1CCC(C)CC1. The molecule has 1 aliphatic rings. The van der Waals surface area contributed by atoms with E-state index in [0.717, 1.165) is 12.0 Å². The highest BCUT2D eigenvalue weighted by Gasteiger charge is 2.17. The summed E-state index contributed by atoms with van der Waals surface area (Å²) in [6.07, 6.45) is 8.25. The fourth-order valence-corrected chi connectivity index (χ4v) is 2.46. The lowest BCUT2D eigenvalue weighted by Gasteiger charge is -2.27. The number of rotatable bonds is 7. The second-order valence-electron chi connectivity index (χ2n) is 5.57. The van der Waals surface area contributed by atoms with E-state index in [2.05, 4.69) is 31.1 Å². The number of unbranched alkanes of at least 4 members (excludes halogenated alkanes) is 1. The van der Waals surface area contributed by atoms with Gasteiger partial charge in [-0.3, -0.25) is 0 Å². The maximum Gasteiger partial charge on any atom is 0.0104 e. The Morgan fingerprint density at radius 1 is 1.12 bits per heavy atom. The molecule has 0 atom stereocenters. The number of nitrogens with one attached hydrogen (secondary N) is 1. The van der Waals surface area contributed by atoms with Crippen LogP contribution in [0.5, 0.6) is 0 Å². The summed E-state index contributed by atoms with van der Waals surface area (Å²) < 4.78 is 0. The molecule has 2 heteroatoms. The van der Waals surface area contributed by atoms with Gasteiger partial charge in [-0.15, -0.1) is 0 Å². The van der Waals surface area contributed by atoms with E-state index in [1.54, 1.807) is 0 Å². The molecule has 16 heavy (non-hydrogen) atoms. The van der Waals surface area contributed by atoms with E-state index in [1.807, 2.05) is 0 Å². The molecule has 96 valence electrons. The Hall–Kier alpha value is -0.0800. The van der Waals surface area contributed by atoms with E-state index in [1.165, 1.54) is 58.2 Å². The van der Waals surface area contributed by atoms with Crippen molar-refractivity contribution < 1.29 is 0 Å². The van der Waals surface area contributed by atoms with Gasteiger partial charge in [0.1, 0.15) is 0 Å².